The summed E-state index contributed by atoms with van der Waals surface area (Å²) < 4.78 is 6.30. The molecule has 0 aliphatic rings. The van der Waals surface area contributed by atoms with Crippen molar-refractivity contribution in [3.63, 3.8) is 0 Å². The number of aliphatic hydroxyl groups is 1. The molecule has 27 heavy (non-hydrogen) atoms. The Bertz CT molecular complexity index is 465. The topological polar surface area (TPSA) is 29.5 Å². The summed E-state index contributed by atoms with van der Waals surface area (Å²) in [4.78, 5) is 0. The van der Waals surface area contributed by atoms with Crippen molar-refractivity contribution in [1.29, 1.82) is 0 Å². The fourth-order valence-electron chi connectivity index (χ4n) is 4.11. The van der Waals surface area contributed by atoms with Crippen LogP contribution >= 0.6 is 0 Å². The Balaban J connectivity index is 3.18. The van der Waals surface area contributed by atoms with Crippen molar-refractivity contribution in [2.45, 2.75) is 86.2 Å². The number of hydrogen-bond donors (Lipinski definition) is 1. The molecule has 0 radical (unpaired) electrons. The summed E-state index contributed by atoms with van der Waals surface area (Å²) in [5.74, 6) is 0. The molecule has 0 aliphatic carbocycles. The Morgan fingerprint density at radius 1 is 0.889 bits per heavy atom. The zero-order chi connectivity index (χ0) is 19.8. The fourth-order valence-corrected chi connectivity index (χ4v) is 17.2. The molecule has 3 heteroatoms. The average molecular weight is 435 g/mol. The standard InChI is InChI=1S/C24H42GeO2/c1-4-7-17-25(18-8-5-2,19-9-6-3)24(16-22-27-21-13-20-26)23-14-11-10-12-15-23/h10-12,14-16,22,24,26H,4-9,13,17-21H2,1-3H3/b22-16+. The molecule has 1 aromatic rings. The van der Waals surface area contributed by atoms with E-state index in [1.807, 2.05) is 6.26 Å². The third-order valence-electron chi connectivity index (χ3n) is 5.69. The second-order valence-electron chi connectivity index (χ2n) is 7.84. The van der Waals surface area contributed by atoms with E-state index >= 15 is 0 Å². The Hall–Kier alpha value is -0.737. The maximum absolute atomic E-state index is 8.98. The molecule has 0 aliphatic heterocycles. The van der Waals surface area contributed by atoms with E-state index in [0.717, 1.165) is 0 Å². The van der Waals surface area contributed by atoms with Gasteiger partial charge in [0, 0.05) is 0 Å². The van der Waals surface area contributed by atoms with Crippen LogP contribution in [-0.4, -0.2) is 31.6 Å². The summed E-state index contributed by atoms with van der Waals surface area (Å²) in [6.07, 6.45) is 13.0. The predicted molar refractivity (Wildman–Crippen MR) is 121 cm³/mol. The van der Waals surface area contributed by atoms with Gasteiger partial charge in [-0.1, -0.05) is 0 Å². The van der Waals surface area contributed by atoms with Crippen molar-refractivity contribution in [2.75, 3.05) is 13.2 Å². The summed E-state index contributed by atoms with van der Waals surface area (Å²) in [5, 5.41) is 13.4. The van der Waals surface area contributed by atoms with E-state index in [4.69, 9.17) is 9.84 Å². The van der Waals surface area contributed by atoms with Crippen LogP contribution in [0.1, 0.15) is 76.0 Å². The number of benzene rings is 1. The predicted octanol–water partition coefficient (Wildman–Crippen LogP) is 7.07. The Morgan fingerprint density at radius 2 is 1.44 bits per heavy atom. The van der Waals surface area contributed by atoms with Crippen LogP contribution in [0, 0.1) is 0 Å². The van der Waals surface area contributed by atoms with E-state index < -0.39 is 13.3 Å². The average Bonchev–Trinajstić information content (AvgIpc) is 2.71. The van der Waals surface area contributed by atoms with Crippen molar-refractivity contribution in [1.82, 2.24) is 0 Å². The Morgan fingerprint density at radius 3 is 1.93 bits per heavy atom. The first-order valence-corrected chi connectivity index (χ1v) is 16.8. The first kappa shape index (κ1) is 24.3. The molecule has 1 atom stereocenters. The van der Waals surface area contributed by atoms with Gasteiger partial charge in [-0.25, -0.2) is 0 Å². The van der Waals surface area contributed by atoms with Crippen LogP contribution in [0.25, 0.3) is 0 Å². The van der Waals surface area contributed by atoms with E-state index in [-0.39, 0.29) is 6.61 Å². The summed E-state index contributed by atoms with van der Waals surface area (Å²) in [5.41, 5.74) is 1.49. The van der Waals surface area contributed by atoms with Gasteiger partial charge in [0.2, 0.25) is 0 Å². The van der Waals surface area contributed by atoms with E-state index in [1.165, 1.54) is 59.8 Å². The second kappa shape index (κ2) is 15.2. The fraction of sp³-hybridized carbons (Fsp3) is 0.667. The zero-order valence-corrected chi connectivity index (χ0v) is 20.1. The van der Waals surface area contributed by atoms with Gasteiger partial charge in [-0.3, -0.25) is 0 Å². The van der Waals surface area contributed by atoms with Crippen LogP contribution in [0.2, 0.25) is 15.8 Å². The quantitative estimate of drug-likeness (QED) is 0.171. The van der Waals surface area contributed by atoms with Crippen molar-refractivity contribution in [3.8, 4) is 0 Å². The van der Waals surface area contributed by atoms with Crippen LogP contribution in [0.15, 0.2) is 42.7 Å². The van der Waals surface area contributed by atoms with Gasteiger partial charge in [-0.05, 0) is 0 Å². The Labute approximate surface area is 170 Å². The number of unbranched alkanes of at least 4 members (excludes halogenated alkanes) is 3. The van der Waals surface area contributed by atoms with Gasteiger partial charge in [-0.15, -0.1) is 0 Å². The molecular formula is C24H42GeO2. The van der Waals surface area contributed by atoms with E-state index in [1.54, 1.807) is 0 Å². The van der Waals surface area contributed by atoms with E-state index in [0.29, 0.717) is 17.8 Å². The minimum absolute atomic E-state index is 0.196. The summed E-state index contributed by atoms with van der Waals surface area (Å²) in [6, 6.07) is 11.2. The third-order valence-corrected chi connectivity index (χ3v) is 18.1. The molecule has 0 spiro atoms. The van der Waals surface area contributed by atoms with E-state index in [2.05, 4.69) is 57.2 Å². The molecule has 0 heterocycles. The van der Waals surface area contributed by atoms with Gasteiger partial charge in [-0.2, -0.15) is 0 Å². The summed E-state index contributed by atoms with van der Waals surface area (Å²) in [7, 11) is 0. The summed E-state index contributed by atoms with van der Waals surface area (Å²) >= 11 is -2.15. The maximum atomic E-state index is 8.98. The van der Waals surface area contributed by atoms with E-state index in [9.17, 15) is 0 Å². The molecule has 0 aromatic heterocycles. The third kappa shape index (κ3) is 8.87. The Kier molecular flexibility index (Phi) is 13.7. The molecule has 0 fully saturated rings. The van der Waals surface area contributed by atoms with Crippen molar-refractivity contribution in [2.24, 2.45) is 0 Å². The molecule has 1 N–H and O–H groups in total. The van der Waals surface area contributed by atoms with Gasteiger partial charge in [0.1, 0.15) is 0 Å². The minimum atomic E-state index is -2.15. The number of aliphatic hydroxyl groups excluding tert-OH is 1. The first-order valence-electron chi connectivity index (χ1n) is 11.2. The molecule has 154 valence electrons. The second-order valence-corrected chi connectivity index (χ2v) is 18.0. The van der Waals surface area contributed by atoms with Crippen molar-refractivity contribution in [3.05, 3.63) is 48.2 Å². The molecule has 0 bridgehead atoms. The molecule has 1 aromatic carbocycles. The van der Waals surface area contributed by atoms with Crippen LogP contribution in [0.4, 0.5) is 0 Å². The molecule has 0 saturated carbocycles. The van der Waals surface area contributed by atoms with Crippen LogP contribution < -0.4 is 0 Å². The SMILES string of the molecule is CCC[CH2][Ge]([CH2]CCC)([CH2]CCC)[CH](/C=C/OCCCO)c1ccccc1. The van der Waals surface area contributed by atoms with Crippen molar-refractivity contribution < 1.29 is 9.84 Å². The monoisotopic (exact) mass is 436 g/mol. The van der Waals surface area contributed by atoms with Gasteiger partial charge in [0.15, 0.2) is 0 Å². The molecule has 1 rings (SSSR count). The number of hydrogen-bond acceptors (Lipinski definition) is 2. The van der Waals surface area contributed by atoms with Gasteiger partial charge in [0.25, 0.3) is 0 Å². The molecule has 0 saturated heterocycles. The normalized spacial score (nSPS) is 13.2. The van der Waals surface area contributed by atoms with Gasteiger partial charge >= 0.3 is 171 Å². The first-order chi connectivity index (χ1) is 13.2. The van der Waals surface area contributed by atoms with Crippen LogP contribution in [0.3, 0.4) is 0 Å². The van der Waals surface area contributed by atoms with Gasteiger partial charge < -0.3 is 0 Å². The molecule has 2 nitrogen and oxygen atoms in total. The molecule has 0 amide bonds. The number of rotatable bonds is 16. The summed E-state index contributed by atoms with van der Waals surface area (Å²) in [6.45, 7) is 7.79. The molecular weight excluding hydrogens is 393 g/mol. The number of allylic oxidation sites excluding steroid dienone is 1. The van der Waals surface area contributed by atoms with Crippen molar-refractivity contribution >= 4 is 13.3 Å². The van der Waals surface area contributed by atoms with Crippen LogP contribution in [0.5, 0.6) is 0 Å². The van der Waals surface area contributed by atoms with Crippen LogP contribution in [-0.2, 0) is 4.74 Å². The zero-order valence-electron chi connectivity index (χ0n) is 18.0. The number of ether oxygens (including phenoxy) is 1. The van der Waals surface area contributed by atoms with Gasteiger partial charge in [0.05, 0.1) is 0 Å². The molecule has 1 unspecified atom stereocenters.